The predicted molar refractivity (Wildman–Crippen MR) is 250 cm³/mol. The highest BCUT2D eigenvalue weighted by Gasteiger charge is 2.39. The van der Waals surface area contributed by atoms with Gasteiger partial charge in [-0.1, -0.05) is 89.3 Å². The lowest BCUT2D eigenvalue weighted by Crippen LogP contribution is -2.45. The minimum atomic E-state index is -1.67. The third-order valence-electron chi connectivity index (χ3n) is 11.7. The molecule has 0 bridgehead atoms. The second-order valence-corrected chi connectivity index (χ2v) is 17.0. The lowest BCUT2D eigenvalue weighted by molar-refractivity contribution is -0.179. The maximum Gasteiger partial charge on any atom is 0.417 e. The zero-order valence-corrected chi connectivity index (χ0v) is 40.1. The van der Waals surface area contributed by atoms with Gasteiger partial charge in [0.15, 0.2) is 0 Å². The Balaban J connectivity index is 1.95. The van der Waals surface area contributed by atoms with Crippen LogP contribution in [0, 0.1) is 11.3 Å². The third-order valence-corrected chi connectivity index (χ3v) is 11.7. The monoisotopic (exact) mass is 923 g/mol. The molecule has 2 aromatic carbocycles. The minimum Gasteiger partial charge on any atom is -0.492 e. The number of rotatable bonds is 31. The van der Waals surface area contributed by atoms with Crippen LogP contribution in [0.3, 0.4) is 0 Å². The number of esters is 5. The van der Waals surface area contributed by atoms with Crippen molar-refractivity contribution in [2.24, 2.45) is 11.3 Å². The number of methoxy groups -OCH3 is 2. The Kier molecular flexibility index (Phi) is 26.0. The molecule has 0 saturated heterocycles. The van der Waals surface area contributed by atoms with Crippen LogP contribution in [0.1, 0.15) is 114 Å². The molecular formula is C52H74O14. The molecule has 1 aliphatic carbocycles. The number of carbonyl (C=O) groups is 5. The van der Waals surface area contributed by atoms with Crippen molar-refractivity contribution in [2.75, 3.05) is 80.3 Å². The normalized spacial score (nSPS) is 14.7. The standard InChI is InChI=1S/C52H74O14/c1-8-11-12-13-14-16-39-18-20-41(21-19-39)42-22-24-45(40(10-3)32-42)43-23-25-46(44(33-43)17-15-27-60-26-9-2)63-34-52(35-64-47(53)38(4)5,36-65-50(56)48(54)61-30-28-58-6)37-66-51(57)49(55)62-31-29-59-7/h9,22-25,32-33,39,41H,2,4,8,10-21,26-31,34-37H2,1,3,5-7H3. The fourth-order valence-electron chi connectivity index (χ4n) is 7.81. The van der Waals surface area contributed by atoms with E-state index < -0.39 is 55.1 Å². The Bertz CT molecular complexity index is 1810. The van der Waals surface area contributed by atoms with Gasteiger partial charge in [0, 0.05) is 26.4 Å². The zero-order chi connectivity index (χ0) is 48.2. The zero-order valence-electron chi connectivity index (χ0n) is 40.1. The summed E-state index contributed by atoms with van der Waals surface area (Å²) < 4.78 is 48.1. The largest absolute Gasteiger partial charge is 0.492 e. The quantitative estimate of drug-likeness (QED) is 0.0176. The van der Waals surface area contributed by atoms with Crippen LogP contribution in [-0.4, -0.2) is 110 Å². The van der Waals surface area contributed by atoms with Crippen molar-refractivity contribution >= 4 is 29.8 Å². The molecular weight excluding hydrogens is 849 g/mol. The van der Waals surface area contributed by atoms with Gasteiger partial charge < -0.3 is 42.6 Å². The lowest BCUT2D eigenvalue weighted by Gasteiger charge is -2.32. The maximum absolute atomic E-state index is 12.8. The SMILES string of the molecule is C=CCOCCCc1cc(-c2ccc(C3CCC(CCCCCCC)CC3)cc2CC)ccc1OCC(COC(=O)C(=C)C)(COC(=O)C(=O)OCCOC)COC(=O)C(=O)OCCOC. The Morgan fingerprint density at radius 2 is 1.27 bits per heavy atom. The van der Waals surface area contributed by atoms with Crippen molar-refractivity contribution in [1.82, 2.24) is 0 Å². The number of aryl methyl sites for hydroxylation is 2. The van der Waals surface area contributed by atoms with Crippen molar-refractivity contribution in [2.45, 2.75) is 110 Å². The lowest BCUT2D eigenvalue weighted by atomic mass is 9.76. The van der Waals surface area contributed by atoms with Crippen LogP contribution >= 0.6 is 0 Å². The Hall–Kier alpha value is -5.05. The highest BCUT2D eigenvalue weighted by atomic mass is 16.6. The van der Waals surface area contributed by atoms with Gasteiger partial charge in [0.05, 0.1) is 19.8 Å². The molecule has 2 aromatic rings. The summed E-state index contributed by atoms with van der Waals surface area (Å²) in [5.74, 6) is -4.29. The highest BCUT2D eigenvalue weighted by Crippen LogP contribution is 2.40. The molecule has 0 atom stereocenters. The van der Waals surface area contributed by atoms with Crippen molar-refractivity contribution in [3.8, 4) is 16.9 Å². The van der Waals surface area contributed by atoms with Gasteiger partial charge in [-0.25, -0.2) is 24.0 Å². The van der Waals surface area contributed by atoms with Crippen LogP contribution in [-0.2, 0) is 74.7 Å². The second kappa shape index (κ2) is 31.0. The van der Waals surface area contributed by atoms with E-state index >= 15 is 0 Å². The van der Waals surface area contributed by atoms with E-state index in [0.717, 1.165) is 29.0 Å². The van der Waals surface area contributed by atoms with E-state index in [1.807, 2.05) is 12.1 Å². The molecule has 0 N–H and O–H groups in total. The van der Waals surface area contributed by atoms with Crippen LogP contribution in [0.4, 0.5) is 0 Å². The maximum atomic E-state index is 12.8. The van der Waals surface area contributed by atoms with Crippen LogP contribution < -0.4 is 4.74 Å². The minimum absolute atomic E-state index is 0.0386. The molecule has 1 fully saturated rings. The van der Waals surface area contributed by atoms with Gasteiger partial charge in [0.2, 0.25) is 0 Å². The number of hydrogen-bond donors (Lipinski definition) is 0. The molecule has 0 spiro atoms. The van der Waals surface area contributed by atoms with Gasteiger partial charge in [-0.15, -0.1) is 6.58 Å². The highest BCUT2D eigenvalue weighted by molar-refractivity contribution is 6.30. The van der Waals surface area contributed by atoms with Crippen LogP contribution in [0.25, 0.3) is 11.1 Å². The van der Waals surface area contributed by atoms with Gasteiger partial charge in [0.1, 0.15) is 50.8 Å². The average molecular weight is 923 g/mol. The third kappa shape index (κ3) is 19.4. The topological polar surface area (TPSA) is 168 Å². The second-order valence-electron chi connectivity index (χ2n) is 17.0. The summed E-state index contributed by atoms with van der Waals surface area (Å²) in [6, 6.07) is 12.8. The van der Waals surface area contributed by atoms with E-state index in [1.54, 1.807) is 6.08 Å². The molecule has 1 saturated carbocycles. The molecule has 0 radical (unpaired) electrons. The van der Waals surface area contributed by atoms with Gasteiger partial charge in [-0.3, -0.25) is 0 Å². The average Bonchev–Trinajstić information content (AvgIpc) is 3.33. The van der Waals surface area contributed by atoms with E-state index in [-0.39, 0.29) is 38.6 Å². The van der Waals surface area contributed by atoms with E-state index in [2.05, 4.69) is 51.3 Å². The molecule has 3 rings (SSSR count). The summed E-state index contributed by atoms with van der Waals surface area (Å²) in [5.41, 5.74) is 4.00. The molecule has 0 amide bonds. The van der Waals surface area contributed by atoms with Crippen molar-refractivity contribution < 1.29 is 66.6 Å². The number of hydrogen-bond acceptors (Lipinski definition) is 14. The number of unbranched alkanes of at least 4 members (excludes halogenated alkanes) is 4. The molecule has 1 aliphatic rings. The molecule has 0 heterocycles. The first-order chi connectivity index (χ1) is 31.9. The first kappa shape index (κ1) is 55.3. The predicted octanol–water partition coefficient (Wildman–Crippen LogP) is 8.64. The summed E-state index contributed by atoms with van der Waals surface area (Å²) in [5, 5.41) is 0. The molecule has 0 aliphatic heterocycles. The fourth-order valence-corrected chi connectivity index (χ4v) is 7.81. The smallest absolute Gasteiger partial charge is 0.417 e. The molecule has 14 heteroatoms. The van der Waals surface area contributed by atoms with E-state index in [0.29, 0.717) is 37.7 Å². The van der Waals surface area contributed by atoms with Crippen molar-refractivity contribution in [1.29, 1.82) is 0 Å². The molecule has 366 valence electrons. The Morgan fingerprint density at radius 1 is 0.667 bits per heavy atom. The summed E-state index contributed by atoms with van der Waals surface area (Å²) in [6.07, 6.45) is 16.7. The molecule has 14 nitrogen and oxygen atoms in total. The van der Waals surface area contributed by atoms with Crippen LogP contribution in [0.15, 0.2) is 61.2 Å². The molecule has 0 unspecified atom stereocenters. The Labute approximate surface area is 392 Å². The van der Waals surface area contributed by atoms with Crippen LogP contribution in [0.5, 0.6) is 5.75 Å². The van der Waals surface area contributed by atoms with Gasteiger partial charge in [-0.05, 0) is 104 Å². The van der Waals surface area contributed by atoms with Crippen molar-refractivity contribution in [3.63, 3.8) is 0 Å². The first-order valence-electron chi connectivity index (χ1n) is 23.5. The van der Waals surface area contributed by atoms with Gasteiger partial charge >= 0.3 is 29.8 Å². The number of ether oxygens (including phenoxy) is 9. The summed E-state index contributed by atoms with van der Waals surface area (Å²) in [4.78, 5) is 63.4. The van der Waals surface area contributed by atoms with Crippen molar-refractivity contribution in [3.05, 3.63) is 77.9 Å². The number of benzene rings is 2. The molecule has 0 aromatic heterocycles. The summed E-state index contributed by atoms with van der Waals surface area (Å²) >= 11 is 0. The van der Waals surface area contributed by atoms with Crippen LogP contribution in [0.2, 0.25) is 0 Å². The summed E-state index contributed by atoms with van der Waals surface area (Å²) in [6.45, 7) is 11.5. The Morgan fingerprint density at radius 3 is 1.85 bits per heavy atom. The van der Waals surface area contributed by atoms with Gasteiger partial charge in [0.25, 0.3) is 0 Å². The fraction of sp³-hybridized carbons (Fsp3) is 0.596. The summed E-state index contributed by atoms with van der Waals surface area (Å²) in [7, 11) is 2.80. The van der Waals surface area contributed by atoms with Gasteiger partial charge in [-0.2, -0.15) is 0 Å². The van der Waals surface area contributed by atoms with E-state index in [1.165, 1.54) is 96.5 Å². The van der Waals surface area contributed by atoms with E-state index in [9.17, 15) is 24.0 Å². The van der Waals surface area contributed by atoms with E-state index in [4.69, 9.17) is 42.6 Å². The number of carbonyl (C=O) groups excluding carboxylic acids is 5. The molecule has 66 heavy (non-hydrogen) atoms. The first-order valence-corrected chi connectivity index (χ1v) is 23.5.